The number of methoxy groups -OCH3 is 1. The molecule has 0 saturated heterocycles. The van der Waals surface area contributed by atoms with E-state index in [1.54, 1.807) is 13.8 Å². The van der Waals surface area contributed by atoms with Crippen molar-refractivity contribution in [2.45, 2.75) is 50.8 Å². The summed E-state index contributed by atoms with van der Waals surface area (Å²) in [4.78, 5) is 57.5. The Bertz CT molecular complexity index is 1420. The molecule has 5 rings (SSSR count). The molecule has 0 aliphatic heterocycles. The highest BCUT2D eigenvalue weighted by molar-refractivity contribution is 6.24. The number of hydrogen-bond donors (Lipinski definition) is 3. The Balaban J connectivity index is 1.40. The highest BCUT2D eigenvalue weighted by Crippen LogP contribution is 2.46. The van der Waals surface area contributed by atoms with E-state index >= 15 is 0 Å². The lowest BCUT2D eigenvalue weighted by atomic mass is 9.92. The second-order valence-electron chi connectivity index (χ2n) is 11.5. The number of carbonyl (C=O) groups is 4. The predicted molar refractivity (Wildman–Crippen MR) is 154 cm³/mol. The number of fused-ring (bicyclic) bond motifs is 3. The zero-order chi connectivity index (χ0) is 30.2. The first-order valence-corrected chi connectivity index (χ1v) is 14.1. The summed E-state index contributed by atoms with van der Waals surface area (Å²) in [5.41, 5.74) is 3.15. The van der Waals surface area contributed by atoms with Gasteiger partial charge in [0.05, 0.1) is 18.9 Å². The molecular formula is C32H35N3O7. The van der Waals surface area contributed by atoms with Gasteiger partial charge < -0.3 is 25.3 Å². The standard InChI is InChI=1S/C32H35N3O7/c1-5-18-16-32(18,31(39)40)34-29(37)25-15-19(14-24(25)28(36)33-26(17(2)3)30(38)41-4)42-35-27-22-12-8-6-10-20(22)21-11-7-9-13-23(21)27/h5-13,17-19,24-26H,1,14-16H2,2-4H3,(H,33,36)(H,34,37)(H,39,40)/t18-,19+,24-,25-,26-,32-/m1/s1. The van der Waals surface area contributed by atoms with E-state index in [0.717, 1.165) is 22.3 Å². The molecule has 0 unspecified atom stereocenters. The van der Waals surface area contributed by atoms with Gasteiger partial charge in [-0.3, -0.25) is 9.59 Å². The highest BCUT2D eigenvalue weighted by atomic mass is 16.6. The number of ether oxygens (including phenoxy) is 1. The summed E-state index contributed by atoms with van der Waals surface area (Å²) in [6.45, 7) is 7.22. The number of carboxylic acid groups (broad SMARTS) is 1. The van der Waals surface area contributed by atoms with E-state index in [4.69, 9.17) is 9.57 Å². The highest BCUT2D eigenvalue weighted by Gasteiger charge is 2.61. The van der Waals surface area contributed by atoms with Crippen LogP contribution in [0, 0.1) is 23.7 Å². The monoisotopic (exact) mass is 573 g/mol. The molecule has 0 aromatic heterocycles. The molecule has 10 heteroatoms. The van der Waals surface area contributed by atoms with Crippen molar-refractivity contribution >= 4 is 29.5 Å². The van der Waals surface area contributed by atoms with Crippen LogP contribution in [-0.4, -0.2) is 59.4 Å². The van der Waals surface area contributed by atoms with Gasteiger partial charge in [-0.15, -0.1) is 6.58 Å². The van der Waals surface area contributed by atoms with Crippen molar-refractivity contribution in [3.63, 3.8) is 0 Å². The van der Waals surface area contributed by atoms with Gasteiger partial charge in [-0.05, 0) is 36.3 Å². The number of carboxylic acids is 1. The molecule has 2 saturated carbocycles. The number of oxime groups is 1. The van der Waals surface area contributed by atoms with Crippen LogP contribution in [0.3, 0.4) is 0 Å². The van der Waals surface area contributed by atoms with Crippen molar-refractivity contribution in [3.05, 3.63) is 72.3 Å². The topological polar surface area (TPSA) is 143 Å². The van der Waals surface area contributed by atoms with Gasteiger partial charge in [0.1, 0.15) is 23.4 Å². The first kappa shape index (κ1) is 29.0. The molecule has 3 aliphatic rings. The molecule has 220 valence electrons. The summed E-state index contributed by atoms with van der Waals surface area (Å²) < 4.78 is 4.86. The number of hydrogen-bond acceptors (Lipinski definition) is 7. The second-order valence-corrected chi connectivity index (χ2v) is 11.5. The number of rotatable bonds is 10. The zero-order valence-electron chi connectivity index (χ0n) is 23.8. The van der Waals surface area contributed by atoms with Crippen molar-refractivity contribution in [2.75, 3.05) is 7.11 Å². The van der Waals surface area contributed by atoms with Crippen LogP contribution < -0.4 is 10.6 Å². The molecule has 0 radical (unpaired) electrons. The van der Waals surface area contributed by atoms with E-state index in [9.17, 15) is 24.3 Å². The third-order valence-corrected chi connectivity index (χ3v) is 8.59. The van der Waals surface area contributed by atoms with Crippen LogP contribution in [0.15, 0.2) is 66.3 Å². The third-order valence-electron chi connectivity index (χ3n) is 8.59. The quantitative estimate of drug-likeness (QED) is 0.192. The Morgan fingerprint density at radius 3 is 2.00 bits per heavy atom. The van der Waals surface area contributed by atoms with Crippen LogP contribution in [-0.2, 0) is 28.8 Å². The van der Waals surface area contributed by atoms with E-state index in [1.807, 2.05) is 48.5 Å². The first-order chi connectivity index (χ1) is 20.1. The van der Waals surface area contributed by atoms with Crippen LogP contribution in [0.25, 0.3) is 11.1 Å². The van der Waals surface area contributed by atoms with Gasteiger partial charge in [-0.1, -0.05) is 73.6 Å². The maximum absolute atomic E-state index is 13.6. The third kappa shape index (κ3) is 5.17. The van der Waals surface area contributed by atoms with Crippen LogP contribution in [0.4, 0.5) is 0 Å². The van der Waals surface area contributed by atoms with Crippen molar-refractivity contribution in [3.8, 4) is 11.1 Å². The average Bonchev–Trinajstić information content (AvgIpc) is 3.38. The Kier molecular flexibility index (Phi) is 7.90. The second kappa shape index (κ2) is 11.4. The van der Waals surface area contributed by atoms with Gasteiger partial charge in [-0.25, -0.2) is 9.59 Å². The van der Waals surface area contributed by atoms with Crippen molar-refractivity contribution in [2.24, 2.45) is 28.8 Å². The molecule has 2 aromatic carbocycles. The largest absolute Gasteiger partial charge is 0.479 e. The summed E-state index contributed by atoms with van der Waals surface area (Å²) in [7, 11) is 1.25. The Morgan fingerprint density at radius 2 is 1.52 bits per heavy atom. The van der Waals surface area contributed by atoms with E-state index in [-0.39, 0.29) is 25.2 Å². The minimum Gasteiger partial charge on any atom is -0.479 e. The molecular weight excluding hydrogens is 538 g/mol. The smallest absolute Gasteiger partial charge is 0.330 e. The fraction of sp³-hybridized carbons (Fsp3) is 0.406. The summed E-state index contributed by atoms with van der Waals surface area (Å²) >= 11 is 0. The maximum Gasteiger partial charge on any atom is 0.330 e. The van der Waals surface area contributed by atoms with Crippen LogP contribution in [0.5, 0.6) is 0 Å². The Morgan fingerprint density at radius 1 is 0.976 bits per heavy atom. The molecule has 0 heterocycles. The average molecular weight is 574 g/mol. The van der Waals surface area contributed by atoms with E-state index < -0.39 is 59.2 Å². The van der Waals surface area contributed by atoms with E-state index in [0.29, 0.717) is 5.71 Å². The molecule has 2 aromatic rings. The number of benzene rings is 2. The molecule has 2 fully saturated rings. The number of nitrogens with one attached hydrogen (secondary N) is 2. The first-order valence-electron chi connectivity index (χ1n) is 14.1. The summed E-state index contributed by atoms with van der Waals surface area (Å²) in [5.74, 6) is -5.24. The normalized spacial score (nSPS) is 26.0. The lowest BCUT2D eigenvalue weighted by Crippen LogP contribution is -2.51. The van der Waals surface area contributed by atoms with Crippen molar-refractivity contribution in [1.82, 2.24) is 10.6 Å². The van der Waals surface area contributed by atoms with Crippen molar-refractivity contribution < 1.29 is 33.9 Å². The van der Waals surface area contributed by atoms with Gasteiger partial charge in [-0.2, -0.15) is 0 Å². The SMILES string of the molecule is C=C[C@@H]1C[C@]1(NC(=O)[C@@H]1C[C@@H](ON=C2c3ccccc3-c3ccccc32)C[C@H]1C(=O)N[C@@H](C(=O)OC)C(C)C)C(=O)O. The summed E-state index contributed by atoms with van der Waals surface area (Å²) in [6, 6.07) is 14.8. The van der Waals surface area contributed by atoms with Crippen molar-refractivity contribution in [1.29, 1.82) is 0 Å². The molecule has 2 amide bonds. The molecule has 3 N–H and O–H groups in total. The molecule has 0 spiro atoms. The number of esters is 1. The summed E-state index contributed by atoms with van der Waals surface area (Å²) in [5, 5.41) is 19.8. The Labute approximate surface area is 244 Å². The lowest BCUT2D eigenvalue weighted by Gasteiger charge is -2.25. The number of amides is 2. The summed E-state index contributed by atoms with van der Waals surface area (Å²) in [6.07, 6.45) is 1.43. The number of aliphatic carboxylic acids is 1. The van der Waals surface area contributed by atoms with Gasteiger partial charge in [0, 0.05) is 17.0 Å². The molecule has 42 heavy (non-hydrogen) atoms. The van der Waals surface area contributed by atoms with Gasteiger partial charge in [0.25, 0.3) is 0 Å². The Hall–Kier alpha value is -4.47. The zero-order valence-corrected chi connectivity index (χ0v) is 23.8. The molecule has 3 aliphatic carbocycles. The van der Waals surface area contributed by atoms with Crippen LogP contribution >= 0.6 is 0 Å². The fourth-order valence-corrected chi connectivity index (χ4v) is 6.09. The van der Waals surface area contributed by atoms with Crippen LogP contribution in [0.2, 0.25) is 0 Å². The predicted octanol–water partition coefficient (Wildman–Crippen LogP) is 3.29. The van der Waals surface area contributed by atoms with E-state index in [1.165, 1.54) is 13.2 Å². The van der Waals surface area contributed by atoms with E-state index in [2.05, 4.69) is 22.4 Å². The molecule has 6 atom stereocenters. The fourth-order valence-electron chi connectivity index (χ4n) is 6.09. The maximum atomic E-state index is 13.6. The van der Waals surface area contributed by atoms with Gasteiger partial charge >= 0.3 is 11.9 Å². The van der Waals surface area contributed by atoms with Gasteiger partial charge in [0.2, 0.25) is 11.8 Å². The lowest BCUT2D eigenvalue weighted by molar-refractivity contribution is -0.148. The minimum absolute atomic E-state index is 0.142. The number of nitrogens with zero attached hydrogens (tertiary/aromatic N) is 1. The van der Waals surface area contributed by atoms with Crippen LogP contribution in [0.1, 0.15) is 44.2 Å². The van der Waals surface area contributed by atoms with Gasteiger partial charge in [0.15, 0.2) is 0 Å². The minimum atomic E-state index is -1.44. The molecule has 0 bridgehead atoms. The molecule has 10 nitrogen and oxygen atoms in total. The number of carbonyl (C=O) groups excluding carboxylic acids is 3.